The van der Waals surface area contributed by atoms with Gasteiger partial charge in [-0.05, 0) is 48.2 Å². The quantitative estimate of drug-likeness (QED) is 0.257. The van der Waals surface area contributed by atoms with Crippen LogP contribution in [0.25, 0.3) is 0 Å². The second-order valence-electron chi connectivity index (χ2n) is 8.62. The third-order valence-electron chi connectivity index (χ3n) is 5.64. The largest absolute Gasteiger partial charge is 0.457 e. The van der Waals surface area contributed by atoms with E-state index in [9.17, 15) is 9.59 Å². The number of ether oxygens (including phenoxy) is 1. The molecule has 7 nitrogen and oxygen atoms in total. The van der Waals surface area contributed by atoms with Gasteiger partial charge in [0.15, 0.2) is 0 Å². The highest BCUT2D eigenvalue weighted by Gasteiger charge is 2.21. The summed E-state index contributed by atoms with van der Waals surface area (Å²) in [5.41, 5.74) is 2.03. The summed E-state index contributed by atoms with van der Waals surface area (Å²) in [7, 11) is 0. The van der Waals surface area contributed by atoms with Crippen molar-refractivity contribution in [3.63, 3.8) is 0 Å². The molecule has 1 heterocycles. The minimum absolute atomic E-state index is 0.141. The van der Waals surface area contributed by atoms with Crippen LogP contribution in [0.3, 0.4) is 0 Å². The van der Waals surface area contributed by atoms with Crippen LogP contribution < -0.4 is 15.4 Å². The zero-order valence-electron chi connectivity index (χ0n) is 20.7. The van der Waals surface area contributed by atoms with Gasteiger partial charge in [-0.15, -0.1) is 10.2 Å². The topological polar surface area (TPSA) is 93.2 Å². The fraction of sp³-hybridized carbons (Fsp3) is 0.241. The number of benzene rings is 3. The van der Waals surface area contributed by atoms with E-state index in [1.807, 2.05) is 79.7 Å². The lowest BCUT2D eigenvalue weighted by Crippen LogP contribution is -2.44. The predicted molar refractivity (Wildman–Crippen MR) is 146 cm³/mol. The van der Waals surface area contributed by atoms with Gasteiger partial charge in [0.25, 0.3) is 0 Å². The zero-order valence-corrected chi connectivity index (χ0v) is 21.5. The normalized spacial score (nSPS) is 11.5. The second kappa shape index (κ2) is 13.3. The number of anilines is 1. The van der Waals surface area contributed by atoms with E-state index in [2.05, 4.69) is 33.0 Å². The molecule has 0 radical (unpaired) electrons. The van der Waals surface area contributed by atoms with E-state index in [0.717, 1.165) is 35.6 Å². The summed E-state index contributed by atoms with van der Waals surface area (Å²) >= 11 is 1.36. The number of rotatable bonds is 12. The van der Waals surface area contributed by atoms with Gasteiger partial charge in [0.05, 0.1) is 6.42 Å². The molecule has 0 aliphatic carbocycles. The fourth-order valence-electron chi connectivity index (χ4n) is 3.83. The van der Waals surface area contributed by atoms with E-state index in [0.29, 0.717) is 17.3 Å². The Kier molecular flexibility index (Phi) is 9.37. The van der Waals surface area contributed by atoms with Crippen LogP contribution in [-0.4, -0.2) is 28.1 Å². The monoisotopic (exact) mass is 514 g/mol. The summed E-state index contributed by atoms with van der Waals surface area (Å²) in [6.45, 7) is 1.98. The molecule has 0 spiro atoms. The third-order valence-corrected chi connectivity index (χ3v) is 6.54. The van der Waals surface area contributed by atoms with Gasteiger partial charge in [-0.25, -0.2) is 0 Å². The summed E-state index contributed by atoms with van der Waals surface area (Å²) in [6.07, 6.45) is 3.02. The van der Waals surface area contributed by atoms with Gasteiger partial charge in [-0.2, -0.15) is 0 Å². The van der Waals surface area contributed by atoms with Gasteiger partial charge >= 0.3 is 0 Å². The summed E-state index contributed by atoms with van der Waals surface area (Å²) in [4.78, 5) is 25.7. The van der Waals surface area contributed by atoms with Gasteiger partial charge < -0.3 is 10.1 Å². The summed E-state index contributed by atoms with van der Waals surface area (Å²) in [6, 6.07) is 26.4. The van der Waals surface area contributed by atoms with Crippen molar-refractivity contribution in [1.82, 2.24) is 15.5 Å². The molecule has 4 aromatic rings. The molecule has 2 N–H and O–H groups in total. The highest BCUT2D eigenvalue weighted by molar-refractivity contribution is 7.15. The molecular weight excluding hydrogens is 484 g/mol. The number of amides is 2. The number of hydrogen-bond acceptors (Lipinski definition) is 6. The molecular formula is C29H30N4O3S. The first-order chi connectivity index (χ1) is 18.1. The fourth-order valence-corrected chi connectivity index (χ4v) is 4.57. The zero-order chi connectivity index (χ0) is 25.9. The molecule has 2 amide bonds. The number of nitrogens with zero attached hydrogens (tertiary/aromatic N) is 2. The van der Waals surface area contributed by atoms with Crippen LogP contribution in [0.4, 0.5) is 5.13 Å². The molecule has 1 unspecified atom stereocenters. The number of aromatic nitrogens is 2. The smallest absolute Gasteiger partial charge is 0.248 e. The van der Waals surface area contributed by atoms with Gasteiger partial charge in [0.1, 0.15) is 22.5 Å². The van der Waals surface area contributed by atoms with Gasteiger partial charge in [0.2, 0.25) is 16.9 Å². The van der Waals surface area contributed by atoms with Crippen LogP contribution in [0.15, 0.2) is 84.9 Å². The Morgan fingerprint density at radius 3 is 2.32 bits per heavy atom. The highest BCUT2D eigenvalue weighted by atomic mass is 32.1. The van der Waals surface area contributed by atoms with E-state index in [-0.39, 0.29) is 18.2 Å². The number of para-hydroxylation sites is 1. The molecule has 0 saturated carbocycles. The Hall–Kier alpha value is -4.04. The lowest BCUT2D eigenvalue weighted by atomic mass is 10.1. The summed E-state index contributed by atoms with van der Waals surface area (Å²) in [5, 5.41) is 15.3. The van der Waals surface area contributed by atoms with Crippen molar-refractivity contribution in [3.05, 3.63) is 101 Å². The second-order valence-corrected chi connectivity index (χ2v) is 9.69. The number of nitrogens with one attached hydrogen (secondary N) is 2. The van der Waals surface area contributed by atoms with Crippen molar-refractivity contribution >= 4 is 28.3 Å². The van der Waals surface area contributed by atoms with E-state index in [1.165, 1.54) is 16.9 Å². The number of hydrogen-bond donors (Lipinski definition) is 2. The van der Waals surface area contributed by atoms with Crippen molar-refractivity contribution < 1.29 is 14.3 Å². The Labute approximate surface area is 220 Å². The van der Waals surface area contributed by atoms with Crippen LogP contribution in [-0.2, 0) is 28.9 Å². The lowest BCUT2D eigenvalue weighted by Gasteiger charge is -2.17. The molecule has 4 rings (SSSR count). The van der Waals surface area contributed by atoms with Gasteiger partial charge in [-0.1, -0.05) is 85.3 Å². The molecule has 0 aliphatic rings. The van der Waals surface area contributed by atoms with Crippen molar-refractivity contribution in [2.24, 2.45) is 0 Å². The first-order valence-corrected chi connectivity index (χ1v) is 13.2. The molecule has 1 aromatic heterocycles. The standard InChI is InChI=1S/C29H30N4O3S/c1-2-10-25(28(35)31-29-33-32-27(37-29)18-17-21-11-5-3-6-12-21)30-26(34)20-22-13-9-16-24(19-22)36-23-14-7-4-8-15-23/h3-9,11-16,19,25H,2,10,17-18,20H2,1H3,(H,30,34)(H,31,33,35). The number of carbonyl (C=O) groups excluding carboxylic acids is 2. The minimum Gasteiger partial charge on any atom is -0.457 e. The van der Waals surface area contributed by atoms with Crippen LogP contribution in [0.5, 0.6) is 11.5 Å². The molecule has 0 fully saturated rings. The van der Waals surface area contributed by atoms with Gasteiger partial charge in [-0.3, -0.25) is 14.9 Å². The van der Waals surface area contributed by atoms with Crippen LogP contribution >= 0.6 is 11.3 Å². The number of aryl methyl sites for hydroxylation is 2. The van der Waals surface area contributed by atoms with E-state index < -0.39 is 6.04 Å². The van der Waals surface area contributed by atoms with Gasteiger partial charge in [0, 0.05) is 6.42 Å². The maximum absolute atomic E-state index is 12.9. The molecule has 37 heavy (non-hydrogen) atoms. The van der Waals surface area contributed by atoms with Crippen molar-refractivity contribution in [2.45, 2.75) is 45.1 Å². The van der Waals surface area contributed by atoms with Crippen LogP contribution in [0.2, 0.25) is 0 Å². The molecule has 0 bridgehead atoms. The SMILES string of the molecule is CCCC(NC(=O)Cc1cccc(Oc2ccccc2)c1)C(=O)Nc1nnc(CCc2ccccc2)s1. The molecule has 3 aromatic carbocycles. The van der Waals surface area contributed by atoms with E-state index in [1.54, 1.807) is 0 Å². The Bertz CT molecular complexity index is 1290. The maximum atomic E-state index is 12.9. The maximum Gasteiger partial charge on any atom is 0.248 e. The minimum atomic E-state index is -0.655. The summed E-state index contributed by atoms with van der Waals surface area (Å²) in [5.74, 6) is 0.857. The first kappa shape index (κ1) is 26.0. The molecule has 8 heteroatoms. The van der Waals surface area contributed by atoms with Crippen LogP contribution in [0, 0.1) is 0 Å². The molecule has 0 saturated heterocycles. The lowest BCUT2D eigenvalue weighted by molar-refractivity contribution is -0.126. The van der Waals surface area contributed by atoms with E-state index >= 15 is 0 Å². The van der Waals surface area contributed by atoms with Crippen molar-refractivity contribution in [3.8, 4) is 11.5 Å². The van der Waals surface area contributed by atoms with Crippen molar-refractivity contribution in [2.75, 3.05) is 5.32 Å². The average Bonchev–Trinajstić information content (AvgIpc) is 3.36. The average molecular weight is 515 g/mol. The summed E-state index contributed by atoms with van der Waals surface area (Å²) < 4.78 is 5.86. The van der Waals surface area contributed by atoms with Crippen LogP contribution in [0.1, 0.15) is 35.9 Å². The highest BCUT2D eigenvalue weighted by Crippen LogP contribution is 2.22. The van der Waals surface area contributed by atoms with E-state index in [4.69, 9.17) is 4.74 Å². The molecule has 0 aliphatic heterocycles. The van der Waals surface area contributed by atoms with Crippen molar-refractivity contribution in [1.29, 1.82) is 0 Å². The number of carbonyl (C=O) groups is 2. The predicted octanol–water partition coefficient (Wildman–Crippen LogP) is 5.58. The Balaban J connectivity index is 1.30. The third kappa shape index (κ3) is 8.25. The molecule has 190 valence electrons. The first-order valence-electron chi connectivity index (χ1n) is 12.4. The Morgan fingerprint density at radius 1 is 0.865 bits per heavy atom. The molecule has 1 atom stereocenters. The Morgan fingerprint density at radius 2 is 1.57 bits per heavy atom.